The van der Waals surface area contributed by atoms with Crippen molar-refractivity contribution in [3.8, 4) is 0 Å². The van der Waals surface area contributed by atoms with Crippen LogP contribution in [0.15, 0.2) is 18.2 Å². The zero-order valence-corrected chi connectivity index (χ0v) is 14.7. The number of urea groups is 1. The van der Waals surface area contributed by atoms with Gasteiger partial charge in [0.1, 0.15) is 5.82 Å². The number of nitrogens with zero attached hydrogens (tertiary/aromatic N) is 3. The molecule has 2 N–H and O–H groups in total. The Kier molecular flexibility index (Phi) is 4.83. The molecule has 0 aliphatic carbocycles. The lowest BCUT2D eigenvalue weighted by Gasteiger charge is -2.18. The second-order valence-corrected chi connectivity index (χ2v) is 6.31. The van der Waals surface area contributed by atoms with Crippen molar-refractivity contribution >= 4 is 23.4 Å². The van der Waals surface area contributed by atoms with E-state index in [0.29, 0.717) is 34.3 Å². The number of anilines is 3. The number of halogens is 1. The summed E-state index contributed by atoms with van der Waals surface area (Å²) in [5.41, 5.74) is 2.92. The Labute approximate surface area is 146 Å². The summed E-state index contributed by atoms with van der Waals surface area (Å²) in [7, 11) is 0. The number of hydrogen-bond donors (Lipinski definition) is 2. The summed E-state index contributed by atoms with van der Waals surface area (Å²) < 4.78 is 13.6. The van der Waals surface area contributed by atoms with Crippen LogP contribution in [0.4, 0.5) is 26.5 Å². The third kappa shape index (κ3) is 3.87. The Hall–Kier alpha value is -2.70. The van der Waals surface area contributed by atoms with Gasteiger partial charge in [0.2, 0.25) is 5.95 Å². The van der Waals surface area contributed by atoms with Gasteiger partial charge < -0.3 is 15.5 Å². The van der Waals surface area contributed by atoms with Gasteiger partial charge in [0.05, 0.1) is 17.1 Å². The Bertz CT molecular complexity index is 779. The van der Waals surface area contributed by atoms with E-state index in [4.69, 9.17) is 0 Å². The maximum atomic E-state index is 13.6. The third-order valence-corrected chi connectivity index (χ3v) is 4.32. The van der Waals surface area contributed by atoms with Crippen molar-refractivity contribution in [2.45, 2.75) is 33.6 Å². The highest BCUT2D eigenvalue weighted by Crippen LogP contribution is 2.23. The van der Waals surface area contributed by atoms with Crippen LogP contribution in [0, 0.1) is 26.6 Å². The number of amides is 2. The highest BCUT2D eigenvalue weighted by Gasteiger charge is 2.18. The first-order chi connectivity index (χ1) is 11.9. The Balaban J connectivity index is 1.73. The van der Waals surface area contributed by atoms with Crippen LogP contribution >= 0.6 is 0 Å². The van der Waals surface area contributed by atoms with Crippen molar-refractivity contribution in [2.24, 2.45) is 0 Å². The molecule has 2 amide bonds. The number of carbonyl (C=O) groups excluding carboxylic acids is 1. The smallest absolute Gasteiger partial charge is 0.323 e. The predicted octanol–water partition coefficient (Wildman–Crippen LogP) is 3.79. The maximum absolute atomic E-state index is 13.6. The van der Waals surface area contributed by atoms with E-state index in [1.54, 1.807) is 19.1 Å². The van der Waals surface area contributed by atoms with Crippen LogP contribution in [0.5, 0.6) is 0 Å². The summed E-state index contributed by atoms with van der Waals surface area (Å²) in [4.78, 5) is 23.4. The fourth-order valence-corrected chi connectivity index (χ4v) is 2.88. The summed E-state index contributed by atoms with van der Waals surface area (Å²) in [6, 6.07) is 4.12. The summed E-state index contributed by atoms with van der Waals surface area (Å²) in [5.74, 6) is 0.350. The largest absolute Gasteiger partial charge is 0.341 e. The first-order valence-electron chi connectivity index (χ1n) is 8.38. The lowest BCUT2D eigenvalue weighted by molar-refractivity contribution is 0.262. The zero-order chi connectivity index (χ0) is 18.0. The Morgan fingerprint density at radius 2 is 1.72 bits per heavy atom. The molecule has 6 nitrogen and oxygen atoms in total. The molecule has 1 aliphatic heterocycles. The SMILES string of the molecule is Cc1ccc(NC(=O)Nc2c(C)nc(N3CCCC3)nc2C)cc1F. The molecule has 3 rings (SSSR count). The fraction of sp³-hybridized carbons (Fsp3) is 0.389. The number of carbonyl (C=O) groups is 1. The molecule has 2 aromatic rings. The van der Waals surface area contributed by atoms with Gasteiger partial charge in [-0.3, -0.25) is 0 Å². The van der Waals surface area contributed by atoms with Gasteiger partial charge in [0.25, 0.3) is 0 Å². The van der Waals surface area contributed by atoms with Gasteiger partial charge in [-0.25, -0.2) is 19.2 Å². The van der Waals surface area contributed by atoms with Crippen LogP contribution in [0.3, 0.4) is 0 Å². The molecule has 2 heterocycles. The Morgan fingerprint density at radius 1 is 1.08 bits per heavy atom. The van der Waals surface area contributed by atoms with Crippen molar-refractivity contribution in [1.29, 1.82) is 0 Å². The van der Waals surface area contributed by atoms with Gasteiger partial charge in [-0.1, -0.05) is 6.07 Å². The lowest BCUT2D eigenvalue weighted by Crippen LogP contribution is -2.24. The van der Waals surface area contributed by atoms with E-state index in [1.165, 1.54) is 6.07 Å². The van der Waals surface area contributed by atoms with Crippen LogP contribution in [0.25, 0.3) is 0 Å². The molecule has 0 atom stereocenters. The predicted molar refractivity (Wildman–Crippen MR) is 96.7 cm³/mol. The van der Waals surface area contributed by atoms with E-state index < -0.39 is 6.03 Å². The van der Waals surface area contributed by atoms with Gasteiger partial charge >= 0.3 is 6.03 Å². The molecule has 0 bridgehead atoms. The van der Waals surface area contributed by atoms with Crippen LogP contribution in [-0.4, -0.2) is 29.1 Å². The van der Waals surface area contributed by atoms with Gasteiger partial charge in [-0.15, -0.1) is 0 Å². The molecule has 1 aliphatic rings. The second-order valence-electron chi connectivity index (χ2n) is 6.31. The number of aromatic nitrogens is 2. The van der Waals surface area contributed by atoms with Crippen molar-refractivity contribution in [2.75, 3.05) is 28.6 Å². The molecule has 1 aromatic heterocycles. The van der Waals surface area contributed by atoms with E-state index in [1.807, 2.05) is 13.8 Å². The average molecular weight is 343 g/mol. The molecule has 25 heavy (non-hydrogen) atoms. The van der Waals surface area contributed by atoms with Crippen molar-refractivity contribution in [1.82, 2.24) is 9.97 Å². The van der Waals surface area contributed by atoms with Crippen LogP contribution in [0.2, 0.25) is 0 Å². The molecule has 0 saturated carbocycles. The summed E-state index contributed by atoms with van der Waals surface area (Å²) in [6.45, 7) is 7.28. The van der Waals surface area contributed by atoms with Crippen molar-refractivity contribution < 1.29 is 9.18 Å². The van der Waals surface area contributed by atoms with Crippen molar-refractivity contribution in [3.05, 3.63) is 41.0 Å². The lowest BCUT2D eigenvalue weighted by atomic mass is 10.2. The van der Waals surface area contributed by atoms with Crippen LogP contribution in [-0.2, 0) is 0 Å². The Morgan fingerprint density at radius 3 is 2.32 bits per heavy atom. The molecule has 1 fully saturated rings. The highest BCUT2D eigenvalue weighted by molar-refractivity contribution is 6.00. The number of nitrogens with one attached hydrogen (secondary N) is 2. The summed E-state index contributed by atoms with van der Waals surface area (Å²) >= 11 is 0. The first-order valence-corrected chi connectivity index (χ1v) is 8.38. The molecular weight excluding hydrogens is 321 g/mol. The van der Waals surface area contributed by atoms with Gasteiger partial charge in [0, 0.05) is 18.8 Å². The molecule has 1 aromatic carbocycles. The minimum Gasteiger partial charge on any atom is -0.341 e. The van der Waals surface area contributed by atoms with E-state index >= 15 is 0 Å². The zero-order valence-electron chi connectivity index (χ0n) is 14.7. The second kappa shape index (κ2) is 7.04. The van der Waals surface area contributed by atoms with Gasteiger partial charge in [-0.05, 0) is 51.3 Å². The number of hydrogen-bond acceptors (Lipinski definition) is 4. The number of rotatable bonds is 3. The highest BCUT2D eigenvalue weighted by atomic mass is 19.1. The quantitative estimate of drug-likeness (QED) is 0.890. The molecule has 1 saturated heterocycles. The monoisotopic (exact) mass is 343 g/mol. The van der Waals surface area contributed by atoms with Crippen LogP contribution in [0.1, 0.15) is 29.8 Å². The topological polar surface area (TPSA) is 70.2 Å². The molecule has 7 heteroatoms. The molecule has 132 valence electrons. The average Bonchev–Trinajstić information content (AvgIpc) is 3.09. The third-order valence-electron chi connectivity index (χ3n) is 4.32. The fourth-order valence-electron chi connectivity index (χ4n) is 2.88. The minimum atomic E-state index is -0.452. The standard InChI is InChI=1S/C18H22FN5O/c1-11-6-7-14(10-15(11)19)22-18(25)23-16-12(2)20-17(21-13(16)3)24-8-4-5-9-24/h6-7,10H,4-5,8-9H2,1-3H3,(H2,22,23,25). The summed E-state index contributed by atoms with van der Waals surface area (Å²) in [5, 5.41) is 5.39. The van der Waals surface area contributed by atoms with Crippen LogP contribution < -0.4 is 15.5 Å². The normalized spacial score (nSPS) is 13.8. The van der Waals surface area contributed by atoms with Crippen molar-refractivity contribution in [3.63, 3.8) is 0 Å². The van der Waals surface area contributed by atoms with E-state index in [2.05, 4.69) is 25.5 Å². The molecular formula is C18H22FN5O. The number of benzene rings is 1. The first kappa shape index (κ1) is 17.1. The maximum Gasteiger partial charge on any atom is 0.323 e. The number of aryl methyl sites for hydroxylation is 3. The van der Waals surface area contributed by atoms with Gasteiger partial charge in [0.15, 0.2) is 0 Å². The summed E-state index contributed by atoms with van der Waals surface area (Å²) in [6.07, 6.45) is 2.30. The van der Waals surface area contributed by atoms with E-state index in [0.717, 1.165) is 25.9 Å². The van der Waals surface area contributed by atoms with Gasteiger partial charge in [-0.2, -0.15) is 0 Å². The molecule has 0 radical (unpaired) electrons. The molecule has 0 spiro atoms. The molecule has 0 unspecified atom stereocenters. The van der Waals surface area contributed by atoms with E-state index in [9.17, 15) is 9.18 Å². The minimum absolute atomic E-state index is 0.358. The van der Waals surface area contributed by atoms with E-state index in [-0.39, 0.29) is 5.82 Å².